The predicted molar refractivity (Wildman–Crippen MR) is 53.6 cm³/mol. The first-order chi connectivity index (χ1) is 7.06. The Bertz CT molecular complexity index is 299. The van der Waals surface area contributed by atoms with E-state index in [9.17, 15) is 8.42 Å². The van der Waals surface area contributed by atoms with Crippen LogP contribution in [0.25, 0.3) is 0 Å². The molecule has 0 aliphatic rings. The van der Waals surface area contributed by atoms with Gasteiger partial charge in [0.15, 0.2) is 0 Å². The van der Waals surface area contributed by atoms with Gasteiger partial charge in [-0.2, -0.15) is 8.42 Å². The molecule has 15 heavy (non-hydrogen) atoms. The number of pyridine rings is 1. The fourth-order valence-electron chi connectivity index (χ4n) is 0.535. The lowest BCUT2D eigenvalue weighted by molar-refractivity contribution is 0.141. The van der Waals surface area contributed by atoms with Crippen LogP contribution >= 0.6 is 0 Å². The number of aromatic nitrogens is 1. The maximum Gasteiger partial charge on any atom is 0.397 e. The van der Waals surface area contributed by atoms with E-state index in [0.29, 0.717) is 0 Å². The topological polar surface area (TPSA) is 85.7 Å². The standard InChI is InChI=1S/C5H5N.C3H8O5S/c1-2-4-6-5-3-1;1-7-2-3-8-9(4,5)6/h1-5H;2-3H2,1H3,(H,4,5,6). The van der Waals surface area contributed by atoms with Gasteiger partial charge in [0.1, 0.15) is 0 Å². The molecule has 1 aromatic rings. The van der Waals surface area contributed by atoms with E-state index in [0.717, 1.165) is 0 Å². The molecule has 0 saturated carbocycles. The van der Waals surface area contributed by atoms with Crippen LogP contribution in [0.4, 0.5) is 0 Å². The van der Waals surface area contributed by atoms with E-state index in [1.807, 2.05) is 18.2 Å². The first kappa shape index (κ1) is 14.0. The van der Waals surface area contributed by atoms with E-state index in [2.05, 4.69) is 13.9 Å². The Morgan fingerprint density at radius 2 is 1.80 bits per heavy atom. The summed E-state index contributed by atoms with van der Waals surface area (Å²) in [6.07, 6.45) is 3.50. The lowest BCUT2D eigenvalue weighted by atomic mass is 10.5. The highest BCUT2D eigenvalue weighted by atomic mass is 32.3. The molecule has 0 saturated heterocycles. The third-order valence-corrected chi connectivity index (χ3v) is 1.55. The predicted octanol–water partition coefficient (Wildman–Crippen LogP) is 0.534. The minimum atomic E-state index is -4.28. The number of hydrogen-bond donors (Lipinski definition) is 1. The molecule has 1 N–H and O–H groups in total. The van der Waals surface area contributed by atoms with Gasteiger partial charge in [-0.1, -0.05) is 6.07 Å². The number of ether oxygens (including phenoxy) is 1. The van der Waals surface area contributed by atoms with Gasteiger partial charge in [-0.25, -0.2) is 4.18 Å². The van der Waals surface area contributed by atoms with Crippen LogP contribution in [-0.4, -0.2) is 38.3 Å². The Hall–Kier alpha value is -1.02. The molecule has 86 valence electrons. The molecule has 0 radical (unpaired) electrons. The van der Waals surface area contributed by atoms with Gasteiger partial charge in [0.2, 0.25) is 0 Å². The SMILES string of the molecule is COCCOS(=O)(=O)O.c1ccncc1. The van der Waals surface area contributed by atoms with Crippen molar-refractivity contribution < 1.29 is 21.9 Å². The fraction of sp³-hybridized carbons (Fsp3) is 0.375. The zero-order chi connectivity index (χ0) is 11.6. The van der Waals surface area contributed by atoms with Crippen LogP contribution in [0.2, 0.25) is 0 Å². The molecular weight excluding hydrogens is 222 g/mol. The second-order valence-corrected chi connectivity index (χ2v) is 3.36. The van der Waals surface area contributed by atoms with Gasteiger partial charge < -0.3 is 4.74 Å². The molecule has 0 aliphatic carbocycles. The Kier molecular flexibility index (Phi) is 7.74. The average molecular weight is 235 g/mol. The molecule has 0 bridgehead atoms. The second kappa shape index (κ2) is 8.30. The molecular formula is C8H13NO5S. The minimum Gasteiger partial charge on any atom is -0.382 e. The molecule has 0 spiro atoms. The van der Waals surface area contributed by atoms with Crippen molar-refractivity contribution in [2.75, 3.05) is 20.3 Å². The number of methoxy groups -OCH3 is 1. The highest BCUT2D eigenvalue weighted by molar-refractivity contribution is 7.80. The van der Waals surface area contributed by atoms with E-state index < -0.39 is 10.4 Å². The summed E-state index contributed by atoms with van der Waals surface area (Å²) in [6, 6.07) is 5.72. The zero-order valence-corrected chi connectivity index (χ0v) is 9.05. The minimum absolute atomic E-state index is 0.139. The Morgan fingerprint density at radius 1 is 1.20 bits per heavy atom. The highest BCUT2D eigenvalue weighted by Gasteiger charge is 2.01. The van der Waals surface area contributed by atoms with Crippen molar-refractivity contribution in [1.82, 2.24) is 4.98 Å². The molecule has 0 unspecified atom stereocenters. The molecule has 0 aliphatic heterocycles. The highest BCUT2D eigenvalue weighted by Crippen LogP contribution is 1.83. The maximum absolute atomic E-state index is 9.78. The molecule has 1 heterocycles. The van der Waals surface area contributed by atoms with Gasteiger partial charge >= 0.3 is 10.4 Å². The number of rotatable bonds is 4. The number of hydrogen-bond acceptors (Lipinski definition) is 5. The molecule has 7 heteroatoms. The molecule has 0 amide bonds. The van der Waals surface area contributed by atoms with Crippen LogP contribution in [0.3, 0.4) is 0 Å². The van der Waals surface area contributed by atoms with Crippen molar-refractivity contribution in [2.24, 2.45) is 0 Å². The second-order valence-electron chi connectivity index (χ2n) is 2.27. The summed E-state index contributed by atoms with van der Waals surface area (Å²) in [6.45, 7) is -0.0187. The van der Waals surface area contributed by atoms with Crippen LogP contribution in [0.1, 0.15) is 0 Å². The van der Waals surface area contributed by atoms with Crippen LogP contribution in [0, 0.1) is 0 Å². The van der Waals surface area contributed by atoms with E-state index in [1.54, 1.807) is 12.4 Å². The lowest BCUT2D eigenvalue weighted by Gasteiger charge is -1.96. The number of nitrogens with zero attached hydrogens (tertiary/aromatic N) is 1. The smallest absolute Gasteiger partial charge is 0.382 e. The van der Waals surface area contributed by atoms with Crippen molar-refractivity contribution >= 4 is 10.4 Å². The summed E-state index contributed by atoms with van der Waals surface area (Å²) in [5.74, 6) is 0. The van der Waals surface area contributed by atoms with Crippen molar-refractivity contribution in [3.05, 3.63) is 30.6 Å². The monoisotopic (exact) mass is 235 g/mol. The lowest BCUT2D eigenvalue weighted by Crippen LogP contribution is -2.08. The summed E-state index contributed by atoms with van der Waals surface area (Å²) >= 11 is 0. The van der Waals surface area contributed by atoms with Crippen LogP contribution in [0.15, 0.2) is 30.6 Å². The van der Waals surface area contributed by atoms with Crippen LogP contribution in [-0.2, 0) is 19.3 Å². The molecule has 0 aromatic carbocycles. The zero-order valence-electron chi connectivity index (χ0n) is 8.24. The summed E-state index contributed by atoms with van der Waals surface area (Å²) in [5, 5.41) is 0. The van der Waals surface area contributed by atoms with Crippen molar-refractivity contribution in [3.63, 3.8) is 0 Å². The fourth-order valence-corrected chi connectivity index (χ4v) is 0.814. The molecule has 1 aromatic heterocycles. The summed E-state index contributed by atoms with van der Waals surface area (Å²) in [7, 11) is -2.88. The van der Waals surface area contributed by atoms with Gasteiger partial charge in [-0.15, -0.1) is 0 Å². The van der Waals surface area contributed by atoms with Gasteiger partial charge in [0, 0.05) is 19.5 Å². The van der Waals surface area contributed by atoms with E-state index in [4.69, 9.17) is 4.55 Å². The van der Waals surface area contributed by atoms with Crippen molar-refractivity contribution in [1.29, 1.82) is 0 Å². The molecule has 1 rings (SSSR count). The third kappa shape index (κ3) is 13.0. The van der Waals surface area contributed by atoms with Gasteiger partial charge in [-0.05, 0) is 12.1 Å². The van der Waals surface area contributed by atoms with Crippen LogP contribution < -0.4 is 0 Å². The Labute approximate surface area is 88.8 Å². The first-order valence-corrected chi connectivity index (χ1v) is 5.38. The first-order valence-electron chi connectivity index (χ1n) is 4.02. The van der Waals surface area contributed by atoms with Gasteiger partial charge in [0.05, 0.1) is 13.2 Å². The van der Waals surface area contributed by atoms with Crippen LogP contribution in [0.5, 0.6) is 0 Å². The quantitative estimate of drug-likeness (QED) is 0.605. The Balaban J connectivity index is 0.000000280. The normalized spacial score (nSPS) is 10.3. The largest absolute Gasteiger partial charge is 0.397 e. The van der Waals surface area contributed by atoms with Crippen molar-refractivity contribution in [3.8, 4) is 0 Å². The van der Waals surface area contributed by atoms with E-state index in [1.165, 1.54) is 7.11 Å². The summed E-state index contributed by atoms with van der Waals surface area (Å²) in [4.78, 5) is 3.78. The Morgan fingerprint density at radius 3 is 2.07 bits per heavy atom. The molecule has 0 atom stereocenters. The van der Waals surface area contributed by atoms with E-state index >= 15 is 0 Å². The summed E-state index contributed by atoms with van der Waals surface area (Å²) in [5.41, 5.74) is 0. The van der Waals surface area contributed by atoms with E-state index in [-0.39, 0.29) is 13.2 Å². The average Bonchev–Trinajstić information content (AvgIpc) is 2.20. The van der Waals surface area contributed by atoms with Crippen molar-refractivity contribution in [2.45, 2.75) is 0 Å². The molecule has 0 fully saturated rings. The van der Waals surface area contributed by atoms with Gasteiger partial charge in [-0.3, -0.25) is 9.54 Å². The maximum atomic E-state index is 9.78. The molecule has 6 nitrogen and oxygen atoms in total. The van der Waals surface area contributed by atoms with Gasteiger partial charge in [0.25, 0.3) is 0 Å². The third-order valence-electron chi connectivity index (χ3n) is 1.09. The summed E-state index contributed by atoms with van der Waals surface area (Å²) < 4.78 is 35.8.